The number of benzene rings is 1. The van der Waals surface area contributed by atoms with Gasteiger partial charge in [0.1, 0.15) is 5.69 Å². The molecule has 15 heteroatoms. The van der Waals surface area contributed by atoms with Crippen LogP contribution in [-0.2, 0) is 25.4 Å². The van der Waals surface area contributed by atoms with Gasteiger partial charge in [-0.3, -0.25) is 24.2 Å². The first-order valence-electron chi connectivity index (χ1n) is 13.5. The maximum absolute atomic E-state index is 14.1. The summed E-state index contributed by atoms with van der Waals surface area (Å²) in [4.78, 5) is 58.4. The van der Waals surface area contributed by atoms with Gasteiger partial charge in [0, 0.05) is 40.2 Å². The van der Waals surface area contributed by atoms with Crippen molar-refractivity contribution in [2.24, 2.45) is 17.8 Å². The predicted octanol–water partition coefficient (Wildman–Crippen LogP) is 6.04. The molecule has 9 nitrogen and oxygen atoms in total. The van der Waals surface area contributed by atoms with Crippen molar-refractivity contribution in [3.05, 3.63) is 78.4 Å². The van der Waals surface area contributed by atoms with Crippen molar-refractivity contribution in [2.45, 2.75) is 24.9 Å². The van der Waals surface area contributed by atoms with Crippen LogP contribution in [0, 0.1) is 17.8 Å². The first kappa shape index (κ1) is 31.5. The molecule has 2 aromatic rings. The first-order chi connectivity index (χ1) is 21.1. The highest BCUT2D eigenvalue weighted by Crippen LogP contribution is 2.57. The third kappa shape index (κ3) is 4.92. The zero-order valence-corrected chi connectivity index (χ0v) is 27.2. The van der Waals surface area contributed by atoms with Crippen molar-refractivity contribution >= 4 is 72.7 Å². The zero-order chi connectivity index (χ0) is 32.7. The monoisotopic (exact) mass is 769 g/mol. The number of aromatic nitrogens is 1. The number of hydrogen-bond donors (Lipinski definition) is 1. The summed E-state index contributed by atoms with van der Waals surface area (Å²) in [6.45, 7) is 0. The number of pyridine rings is 1. The molecule has 6 rings (SSSR count). The molecular formula is C30H21Br2ClF3N3O6. The number of alkyl halides is 3. The average Bonchev–Trinajstić information content (AvgIpc) is 3.24. The highest BCUT2D eigenvalue weighted by atomic mass is 79.9. The second-order valence-corrected chi connectivity index (χ2v) is 13.1. The maximum atomic E-state index is 14.1. The highest BCUT2D eigenvalue weighted by molar-refractivity contribution is 9.12. The van der Waals surface area contributed by atoms with Gasteiger partial charge in [0.2, 0.25) is 0 Å². The standard InChI is InChI=1S/C30H21Br2ClF3N3O6/c1-38(27-18(33)5-6-21(37-27)30(34,35)36)39-28(43)13-4-3-12-14(23(13)29(39)44)9-16-24(19(40)10-17(32)25(16)41)22(12)15-7-11(31)8-20(45-2)26(15)42/h3,5-8,10,13-14,22-23,42H,4,9H2,1-2H3/t13-,14+,22+,23-/m0/s1. The number of hydrazine groups is 1. The number of carbonyl (C=O) groups is 4. The number of ketones is 2. The minimum absolute atomic E-state index is 0.0290. The molecule has 3 aliphatic carbocycles. The Balaban J connectivity index is 1.46. The quantitative estimate of drug-likeness (QED) is 0.227. The molecule has 0 radical (unpaired) electrons. The van der Waals surface area contributed by atoms with Gasteiger partial charge >= 0.3 is 6.18 Å². The molecule has 1 fully saturated rings. The van der Waals surface area contributed by atoms with Crippen LogP contribution in [0.2, 0.25) is 5.02 Å². The average molecular weight is 772 g/mol. The largest absolute Gasteiger partial charge is 0.504 e. The van der Waals surface area contributed by atoms with E-state index in [2.05, 4.69) is 36.8 Å². The number of imide groups is 1. The van der Waals surface area contributed by atoms with Gasteiger partial charge in [0.25, 0.3) is 11.8 Å². The van der Waals surface area contributed by atoms with Crippen molar-refractivity contribution in [3.8, 4) is 11.5 Å². The number of phenolic OH excluding ortho intramolecular Hbond substituents is 1. The lowest BCUT2D eigenvalue weighted by Gasteiger charge is -2.42. The van der Waals surface area contributed by atoms with Gasteiger partial charge < -0.3 is 9.84 Å². The van der Waals surface area contributed by atoms with E-state index in [1.807, 2.05) is 0 Å². The Morgan fingerprint density at radius 2 is 1.82 bits per heavy atom. The molecule has 1 aromatic carbocycles. The fourth-order valence-corrected chi connectivity index (χ4v) is 7.85. The van der Waals surface area contributed by atoms with E-state index in [1.165, 1.54) is 26.3 Å². The summed E-state index contributed by atoms with van der Waals surface area (Å²) in [6.07, 6.45) is -1.90. The summed E-state index contributed by atoms with van der Waals surface area (Å²) in [6, 6.07) is 4.80. The molecule has 4 atom stereocenters. The van der Waals surface area contributed by atoms with E-state index in [1.54, 1.807) is 12.1 Å². The Labute approximate surface area is 275 Å². The number of ether oxygens (including phenoxy) is 1. The molecular weight excluding hydrogens is 751 g/mol. The van der Waals surface area contributed by atoms with Gasteiger partial charge in [-0.25, -0.2) is 4.98 Å². The van der Waals surface area contributed by atoms with Crippen molar-refractivity contribution < 1.29 is 42.2 Å². The Bertz CT molecular complexity index is 1820. The van der Waals surface area contributed by atoms with E-state index in [9.17, 15) is 37.5 Å². The zero-order valence-electron chi connectivity index (χ0n) is 23.3. The van der Waals surface area contributed by atoms with Crippen LogP contribution in [0.5, 0.6) is 11.5 Å². The molecule has 0 spiro atoms. The molecule has 2 amide bonds. The van der Waals surface area contributed by atoms with Crippen LogP contribution < -0.4 is 9.75 Å². The third-order valence-electron chi connectivity index (χ3n) is 8.63. The Morgan fingerprint density at radius 1 is 1.11 bits per heavy atom. The summed E-state index contributed by atoms with van der Waals surface area (Å²) >= 11 is 12.7. The lowest BCUT2D eigenvalue weighted by molar-refractivity contribution is -0.141. The van der Waals surface area contributed by atoms with Crippen LogP contribution in [0.25, 0.3) is 0 Å². The molecule has 2 heterocycles. The number of amides is 2. The summed E-state index contributed by atoms with van der Waals surface area (Å²) < 4.78 is 46.2. The van der Waals surface area contributed by atoms with Crippen LogP contribution in [0.3, 0.4) is 0 Å². The highest BCUT2D eigenvalue weighted by Gasteiger charge is 2.58. The van der Waals surface area contributed by atoms with Crippen LogP contribution in [-0.4, -0.2) is 52.6 Å². The minimum Gasteiger partial charge on any atom is -0.504 e. The second-order valence-electron chi connectivity index (χ2n) is 11.0. The molecule has 0 unspecified atom stereocenters. The van der Waals surface area contributed by atoms with Gasteiger partial charge in [-0.1, -0.05) is 39.2 Å². The van der Waals surface area contributed by atoms with Gasteiger partial charge in [0.15, 0.2) is 28.9 Å². The number of carbonyl (C=O) groups excluding carboxylic acids is 4. The number of fused-ring (bicyclic) bond motifs is 3. The van der Waals surface area contributed by atoms with Crippen molar-refractivity contribution in [1.82, 2.24) is 9.99 Å². The van der Waals surface area contributed by atoms with Crippen LogP contribution in [0.1, 0.15) is 30.0 Å². The fourth-order valence-electron chi connectivity index (χ4n) is 6.72. The van der Waals surface area contributed by atoms with Gasteiger partial charge in [0.05, 0.1) is 28.5 Å². The Kier molecular flexibility index (Phi) is 7.76. The first-order valence-corrected chi connectivity index (χ1v) is 15.4. The van der Waals surface area contributed by atoms with Crippen molar-refractivity contribution in [1.29, 1.82) is 0 Å². The van der Waals surface area contributed by atoms with E-state index >= 15 is 0 Å². The van der Waals surface area contributed by atoms with E-state index < -0.39 is 64.7 Å². The SMILES string of the molecule is COc1cc(Br)cc([C@H]2C3=CC[C@@H]4C(=O)N(N(C)c5nc(C(F)(F)F)ccc5Cl)C(=O)[C@@H]4[C@@H]3CC3=C2C(=O)C=C(Br)C3=O)c1O. The molecule has 4 aliphatic rings. The lowest BCUT2D eigenvalue weighted by atomic mass is 9.59. The number of Topliss-reactive ketones (excluding diaryl/α,β-unsaturated/α-hetero) is 1. The van der Waals surface area contributed by atoms with Crippen LogP contribution in [0.15, 0.2) is 62.1 Å². The number of aromatic hydroxyl groups is 1. The fraction of sp³-hybridized carbons (Fsp3) is 0.300. The number of allylic oxidation sites excluding steroid dienone is 6. The number of nitrogens with zero attached hydrogens (tertiary/aromatic N) is 3. The van der Waals surface area contributed by atoms with Crippen molar-refractivity contribution in [2.75, 3.05) is 19.2 Å². The number of rotatable bonds is 4. The third-order valence-corrected chi connectivity index (χ3v) is 9.97. The lowest BCUT2D eigenvalue weighted by Crippen LogP contribution is -2.46. The molecule has 0 bridgehead atoms. The Morgan fingerprint density at radius 3 is 2.49 bits per heavy atom. The number of phenols is 1. The van der Waals surface area contributed by atoms with E-state index in [0.717, 1.165) is 16.1 Å². The normalized spacial score (nSPS) is 24.7. The van der Waals surface area contributed by atoms with Crippen molar-refractivity contribution in [3.63, 3.8) is 0 Å². The number of methoxy groups -OCH3 is 1. The maximum Gasteiger partial charge on any atom is 0.433 e. The molecule has 234 valence electrons. The van der Waals surface area contributed by atoms with Gasteiger partial charge in [-0.15, -0.1) is 0 Å². The van der Waals surface area contributed by atoms with E-state index in [0.29, 0.717) is 16.1 Å². The molecule has 1 aromatic heterocycles. The summed E-state index contributed by atoms with van der Waals surface area (Å²) in [5.74, 6) is -6.62. The smallest absolute Gasteiger partial charge is 0.433 e. The van der Waals surface area contributed by atoms with E-state index in [-0.39, 0.29) is 50.6 Å². The summed E-state index contributed by atoms with van der Waals surface area (Å²) in [7, 11) is 2.58. The molecule has 0 saturated carbocycles. The molecule has 1 aliphatic heterocycles. The number of hydrogen-bond acceptors (Lipinski definition) is 8. The van der Waals surface area contributed by atoms with Crippen LogP contribution in [0.4, 0.5) is 19.0 Å². The predicted molar refractivity (Wildman–Crippen MR) is 161 cm³/mol. The van der Waals surface area contributed by atoms with Crippen LogP contribution >= 0.6 is 43.5 Å². The number of anilines is 1. The second kappa shape index (κ2) is 11.1. The van der Waals surface area contributed by atoms with Gasteiger partial charge in [-0.05, 0) is 59.0 Å². The number of halogens is 6. The van der Waals surface area contributed by atoms with E-state index in [4.69, 9.17) is 16.3 Å². The van der Waals surface area contributed by atoms with Gasteiger partial charge in [-0.2, -0.15) is 18.2 Å². The summed E-state index contributed by atoms with van der Waals surface area (Å²) in [5.41, 5.74) is -0.173. The molecule has 1 saturated heterocycles. The molecule has 45 heavy (non-hydrogen) atoms. The topological polar surface area (TPSA) is 117 Å². The summed E-state index contributed by atoms with van der Waals surface area (Å²) in [5, 5.41) is 12.7. The molecule has 1 N–H and O–H groups in total. The Hall–Kier alpha value is -3.49. The minimum atomic E-state index is -4.80.